The van der Waals surface area contributed by atoms with Crippen LogP contribution in [0.25, 0.3) is 0 Å². The largest absolute Gasteiger partial charge is 0.481 e. The average molecular weight is 585 g/mol. The number of carbonyl (C=O) groups is 5. The quantitative estimate of drug-likeness (QED) is 0.213. The van der Waals surface area contributed by atoms with Gasteiger partial charge in [-0.05, 0) is 124 Å². The Hall–Kier alpha value is -2.45. The fraction of sp³-hybridized carbons (Fsp3) is 0.848. The van der Waals surface area contributed by atoms with Crippen LogP contribution in [0.15, 0.2) is 0 Å². The summed E-state index contributed by atoms with van der Waals surface area (Å²) in [6.45, 7) is 9.11. The molecule has 7 rings (SSSR count). The molecule has 6 saturated carbocycles. The molecule has 0 aromatic rings. The Morgan fingerprint density at radius 3 is 2.05 bits per heavy atom. The first-order chi connectivity index (χ1) is 19.8. The zero-order valence-electron chi connectivity index (χ0n) is 25.2. The van der Waals surface area contributed by atoms with Crippen molar-refractivity contribution in [3.05, 3.63) is 0 Å². The molecule has 42 heavy (non-hydrogen) atoms. The summed E-state index contributed by atoms with van der Waals surface area (Å²) in [7, 11) is 0. The van der Waals surface area contributed by atoms with Crippen LogP contribution in [0.4, 0.5) is 0 Å². The number of carboxylic acids is 1. The number of rotatable bonds is 6. The van der Waals surface area contributed by atoms with Gasteiger partial charge >= 0.3 is 29.8 Å². The van der Waals surface area contributed by atoms with E-state index in [1.165, 1.54) is 0 Å². The lowest BCUT2D eigenvalue weighted by atomic mass is 9.54. The molecule has 0 aromatic heterocycles. The maximum absolute atomic E-state index is 13.3. The van der Waals surface area contributed by atoms with E-state index in [4.69, 9.17) is 14.2 Å². The Morgan fingerprint density at radius 1 is 0.786 bits per heavy atom. The van der Waals surface area contributed by atoms with Gasteiger partial charge in [0, 0.05) is 0 Å². The molecule has 0 radical (unpaired) electrons. The maximum atomic E-state index is 13.3. The van der Waals surface area contributed by atoms with Gasteiger partial charge in [-0.25, -0.2) is 4.79 Å². The van der Waals surface area contributed by atoms with Crippen LogP contribution in [0.5, 0.6) is 0 Å². The van der Waals surface area contributed by atoms with Crippen LogP contribution in [-0.4, -0.2) is 47.2 Å². The molecule has 1 heterocycles. The smallest absolute Gasteiger partial charge is 0.344 e. The summed E-state index contributed by atoms with van der Waals surface area (Å²) < 4.78 is 15.9. The molecule has 0 aromatic carbocycles. The van der Waals surface area contributed by atoms with Gasteiger partial charge in [-0.15, -0.1) is 0 Å². The van der Waals surface area contributed by atoms with Crippen LogP contribution < -0.4 is 0 Å². The normalized spacial score (nSPS) is 49.8. The summed E-state index contributed by atoms with van der Waals surface area (Å²) in [5.41, 5.74) is -0.639. The summed E-state index contributed by atoms with van der Waals surface area (Å²) in [5, 5.41) is 10.0. The summed E-state index contributed by atoms with van der Waals surface area (Å²) >= 11 is 0. The molecule has 230 valence electrons. The average Bonchev–Trinajstić information content (AvgIpc) is 3.73. The second kappa shape index (κ2) is 9.52. The Balaban J connectivity index is 1.12. The van der Waals surface area contributed by atoms with Crippen molar-refractivity contribution in [1.82, 2.24) is 0 Å². The van der Waals surface area contributed by atoms with Gasteiger partial charge in [0.25, 0.3) is 0 Å². The molecular formula is C33H44O9. The number of hydrogen-bond donors (Lipinski definition) is 1. The first-order valence-corrected chi connectivity index (χ1v) is 16.1. The lowest BCUT2D eigenvalue weighted by molar-refractivity contribution is -0.170. The highest BCUT2D eigenvalue weighted by atomic mass is 16.6. The molecular weight excluding hydrogens is 540 g/mol. The summed E-state index contributed by atoms with van der Waals surface area (Å²) in [5.74, 6) is -0.669. The molecule has 9 nitrogen and oxygen atoms in total. The molecule has 16 atom stereocenters. The van der Waals surface area contributed by atoms with Crippen molar-refractivity contribution in [2.24, 2.45) is 94.7 Å². The highest BCUT2D eigenvalue weighted by Gasteiger charge is 2.72. The molecule has 7 fully saturated rings. The van der Waals surface area contributed by atoms with Crippen LogP contribution in [0.3, 0.4) is 0 Å². The molecule has 7 aliphatic rings. The van der Waals surface area contributed by atoms with Crippen LogP contribution >= 0.6 is 0 Å². The molecule has 0 spiro atoms. The van der Waals surface area contributed by atoms with Gasteiger partial charge < -0.3 is 19.3 Å². The summed E-state index contributed by atoms with van der Waals surface area (Å²) in [6, 6.07) is 0. The van der Waals surface area contributed by atoms with E-state index in [1.807, 2.05) is 0 Å². The van der Waals surface area contributed by atoms with Crippen LogP contribution in [0, 0.1) is 94.7 Å². The molecule has 16 unspecified atom stereocenters. The van der Waals surface area contributed by atoms with Gasteiger partial charge in [0.15, 0.2) is 6.61 Å². The second-order valence-electron chi connectivity index (χ2n) is 15.9. The van der Waals surface area contributed by atoms with Crippen molar-refractivity contribution in [2.75, 3.05) is 6.61 Å². The van der Waals surface area contributed by atoms with Gasteiger partial charge in [-0.1, -0.05) is 13.8 Å². The Kier molecular flexibility index (Phi) is 6.42. The number of carbonyl (C=O) groups excluding carboxylic acids is 4. The third-order valence-corrected chi connectivity index (χ3v) is 13.2. The lowest BCUT2D eigenvalue weighted by Crippen LogP contribution is -2.49. The van der Waals surface area contributed by atoms with Crippen molar-refractivity contribution in [3.8, 4) is 0 Å². The second-order valence-corrected chi connectivity index (χ2v) is 15.9. The molecule has 1 N–H and O–H groups in total. The highest BCUT2D eigenvalue weighted by molar-refractivity contribution is 5.96. The van der Waals surface area contributed by atoms with Crippen LogP contribution in [0.1, 0.15) is 66.7 Å². The van der Waals surface area contributed by atoms with Crippen LogP contribution in [0.2, 0.25) is 0 Å². The lowest BCUT2D eigenvalue weighted by Gasteiger charge is -2.50. The van der Waals surface area contributed by atoms with Gasteiger partial charge in [0.1, 0.15) is 5.60 Å². The number of ether oxygens (including phenoxy) is 3. The predicted octanol–water partition coefficient (Wildman–Crippen LogP) is 3.97. The van der Waals surface area contributed by atoms with Gasteiger partial charge in [0.2, 0.25) is 0 Å². The molecule has 6 aliphatic carbocycles. The number of fused-ring (bicyclic) bond motifs is 11. The summed E-state index contributed by atoms with van der Waals surface area (Å²) in [6.07, 6.45) is 4.42. The summed E-state index contributed by atoms with van der Waals surface area (Å²) in [4.78, 5) is 63.2. The van der Waals surface area contributed by atoms with E-state index in [0.717, 1.165) is 25.7 Å². The van der Waals surface area contributed by atoms with Crippen molar-refractivity contribution < 1.29 is 43.3 Å². The zero-order valence-corrected chi connectivity index (χ0v) is 25.2. The molecule has 6 bridgehead atoms. The van der Waals surface area contributed by atoms with Gasteiger partial charge in [0.05, 0.1) is 23.7 Å². The van der Waals surface area contributed by atoms with E-state index in [-0.39, 0.29) is 48.1 Å². The fourth-order valence-electron chi connectivity index (χ4n) is 12.4. The van der Waals surface area contributed by atoms with Crippen LogP contribution in [-0.2, 0) is 38.2 Å². The molecule has 9 heteroatoms. The predicted molar refractivity (Wildman–Crippen MR) is 146 cm³/mol. The molecule has 1 aliphatic heterocycles. The van der Waals surface area contributed by atoms with Gasteiger partial charge in [-0.2, -0.15) is 0 Å². The Bertz CT molecular complexity index is 1220. The minimum Gasteiger partial charge on any atom is -0.481 e. The molecule has 0 amide bonds. The number of esters is 4. The number of cyclic esters (lactones) is 2. The van der Waals surface area contributed by atoms with Crippen molar-refractivity contribution in [3.63, 3.8) is 0 Å². The monoisotopic (exact) mass is 584 g/mol. The third kappa shape index (κ3) is 4.03. The Labute approximate surface area is 246 Å². The topological polar surface area (TPSA) is 133 Å². The van der Waals surface area contributed by atoms with Crippen molar-refractivity contribution >= 4 is 29.8 Å². The van der Waals surface area contributed by atoms with E-state index in [0.29, 0.717) is 47.8 Å². The number of aliphatic carboxylic acids is 1. The van der Waals surface area contributed by atoms with E-state index in [2.05, 4.69) is 6.92 Å². The minimum absolute atomic E-state index is 0.110. The van der Waals surface area contributed by atoms with E-state index in [1.54, 1.807) is 27.7 Å². The first-order valence-electron chi connectivity index (χ1n) is 16.1. The number of hydrogen-bond acceptors (Lipinski definition) is 8. The van der Waals surface area contributed by atoms with E-state index < -0.39 is 47.2 Å². The van der Waals surface area contributed by atoms with E-state index >= 15 is 0 Å². The SMILES string of the molecule is CC1C(=O)OC(=O)C1C1C2CC(CC2C(=O)O)C1C1C(C)C2CC1C1C3CC(CC3C(=O)OCC(=O)OC(C)(C)C)C21. The Morgan fingerprint density at radius 2 is 1.43 bits per heavy atom. The van der Waals surface area contributed by atoms with Gasteiger partial charge in [-0.3, -0.25) is 19.2 Å². The van der Waals surface area contributed by atoms with Crippen molar-refractivity contribution in [1.29, 1.82) is 0 Å². The zero-order chi connectivity index (χ0) is 30.0. The van der Waals surface area contributed by atoms with Crippen molar-refractivity contribution in [2.45, 2.75) is 72.3 Å². The highest BCUT2D eigenvalue weighted by Crippen LogP contribution is 2.75. The minimum atomic E-state index is -0.793. The first kappa shape index (κ1) is 28.3. The maximum Gasteiger partial charge on any atom is 0.344 e. The standard InChI is InChI=1S/C33H44O9/c1-12-16-10-21(27-18-6-14(25(16)27)9-20(18)31(38)40-11-22(34)42-33(3,4)5)23(12)26-15-7-17(19(8-15)29(35)36)28(26)24-13(2)30(37)41-32(24)39/h12-21,23-28H,6-11H2,1-5H3,(H,35,36). The fourth-order valence-corrected chi connectivity index (χ4v) is 12.4. The van der Waals surface area contributed by atoms with E-state index in [9.17, 15) is 29.1 Å². The number of carboxylic acid groups (broad SMARTS) is 1. The molecule has 1 saturated heterocycles. The third-order valence-electron chi connectivity index (χ3n) is 13.2.